The van der Waals surface area contributed by atoms with Crippen molar-refractivity contribution in [2.75, 3.05) is 20.2 Å². The highest BCUT2D eigenvalue weighted by molar-refractivity contribution is 5.96. The van der Waals surface area contributed by atoms with Gasteiger partial charge in [0.15, 0.2) is 0 Å². The summed E-state index contributed by atoms with van der Waals surface area (Å²) in [7, 11) is 1.19. The Balaban J connectivity index is 1.32. The molecule has 230 valence electrons. The number of hydrazine groups is 1. The maximum Gasteiger partial charge on any atom is 0.330 e. The van der Waals surface area contributed by atoms with Crippen LogP contribution in [0.4, 0.5) is 0 Å². The van der Waals surface area contributed by atoms with Gasteiger partial charge in [-0.1, -0.05) is 42.5 Å². The van der Waals surface area contributed by atoms with Crippen molar-refractivity contribution in [3.8, 4) is 11.3 Å². The van der Waals surface area contributed by atoms with E-state index >= 15 is 0 Å². The van der Waals surface area contributed by atoms with Gasteiger partial charge in [0.25, 0.3) is 11.8 Å². The second-order valence-electron chi connectivity index (χ2n) is 10.6. The third-order valence-electron chi connectivity index (χ3n) is 7.29. The quantitative estimate of drug-likeness (QED) is 0.149. The predicted molar refractivity (Wildman–Crippen MR) is 164 cm³/mol. The van der Waals surface area contributed by atoms with Crippen molar-refractivity contribution < 1.29 is 29.0 Å². The topological polar surface area (TPSA) is 150 Å². The monoisotopic (exact) mass is 599 g/mol. The molecule has 1 aliphatic rings. The molecule has 3 aromatic rings. The first kappa shape index (κ1) is 32.1. The number of aliphatic hydroxyl groups is 1. The summed E-state index contributed by atoms with van der Waals surface area (Å²) in [4.78, 5) is 55.2. The van der Waals surface area contributed by atoms with Crippen LogP contribution in [0.2, 0.25) is 0 Å². The van der Waals surface area contributed by atoms with Crippen LogP contribution in [0, 0.1) is 0 Å². The summed E-state index contributed by atoms with van der Waals surface area (Å²) in [5.74, 6) is -2.11. The normalized spacial score (nSPS) is 15.5. The van der Waals surface area contributed by atoms with Crippen LogP contribution in [0.1, 0.15) is 52.9 Å². The fourth-order valence-corrected chi connectivity index (χ4v) is 4.88. The minimum Gasteiger partial charge on any atom is -0.466 e. The lowest BCUT2D eigenvalue weighted by molar-refractivity contribution is -0.135. The highest BCUT2D eigenvalue weighted by Gasteiger charge is 2.20. The van der Waals surface area contributed by atoms with E-state index in [0.29, 0.717) is 17.7 Å². The number of carbonyl (C=O) groups excluding carboxylic acids is 4. The van der Waals surface area contributed by atoms with Gasteiger partial charge in [-0.2, -0.15) is 0 Å². The third kappa shape index (κ3) is 9.32. The average molecular weight is 600 g/mol. The van der Waals surface area contributed by atoms with Gasteiger partial charge in [0.05, 0.1) is 24.9 Å². The van der Waals surface area contributed by atoms with Gasteiger partial charge < -0.3 is 15.2 Å². The fourth-order valence-electron chi connectivity index (χ4n) is 4.88. The Labute approximate surface area is 256 Å². The Bertz CT molecular complexity index is 1510. The molecule has 0 unspecified atom stereocenters. The molecule has 1 fully saturated rings. The lowest BCUT2D eigenvalue weighted by Gasteiger charge is -2.17. The first-order valence-corrected chi connectivity index (χ1v) is 14.4. The Kier molecular flexibility index (Phi) is 11.3. The molecule has 0 bridgehead atoms. The van der Waals surface area contributed by atoms with Crippen LogP contribution >= 0.6 is 0 Å². The molecule has 0 saturated carbocycles. The third-order valence-corrected chi connectivity index (χ3v) is 7.29. The van der Waals surface area contributed by atoms with E-state index in [-0.39, 0.29) is 30.9 Å². The molecule has 2 atom stereocenters. The van der Waals surface area contributed by atoms with Crippen molar-refractivity contribution in [3.05, 3.63) is 101 Å². The summed E-state index contributed by atoms with van der Waals surface area (Å²) in [6.45, 7) is 4.23. The molecular weight excluding hydrogens is 562 g/mol. The van der Waals surface area contributed by atoms with Crippen LogP contribution in [0.5, 0.6) is 0 Å². The molecule has 4 rings (SSSR count). The van der Waals surface area contributed by atoms with E-state index in [1.165, 1.54) is 7.11 Å². The maximum absolute atomic E-state index is 13.3. The van der Waals surface area contributed by atoms with Gasteiger partial charge in [-0.3, -0.25) is 35.1 Å². The molecule has 0 aliphatic carbocycles. The molecule has 3 amide bonds. The summed E-state index contributed by atoms with van der Waals surface area (Å²) in [5, 5.41) is 12.8. The SMILES string of the molecule is COC(=O)/C=C/C(=O)NNC(=O)CCc1ccccc1C(=O)N[C@H](C)c1cccc(-c2ccc(CN3CC[C@H](O)C3)cn2)c1. The molecule has 11 heteroatoms. The molecule has 2 aromatic carbocycles. The highest BCUT2D eigenvalue weighted by atomic mass is 16.5. The van der Waals surface area contributed by atoms with Crippen molar-refractivity contribution in [1.82, 2.24) is 26.1 Å². The smallest absolute Gasteiger partial charge is 0.330 e. The molecule has 2 heterocycles. The first-order chi connectivity index (χ1) is 21.2. The van der Waals surface area contributed by atoms with Crippen LogP contribution in [-0.2, 0) is 32.1 Å². The Morgan fingerprint density at radius 1 is 1.07 bits per heavy atom. The molecule has 1 saturated heterocycles. The summed E-state index contributed by atoms with van der Waals surface area (Å²) in [6, 6.07) is 18.7. The number of nitrogens with zero attached hydrogens (tertiary/aromatic N) is 2. The number of methoxy groups -OCH3 is 1. The first-order valence-electron chi connectivity index (χ1n) is 14.4. The van der Waals surface area contributed by atoms with E-state index in [2.05, 4.69) is 36.9 Å². The van der Waals surface area contributed by atoms with Crippen LogP contribution in [-0.4, -0.2) is 65.0 Å². The minimum absolute atomic E-state index is 0.0225. The molecule has 0 radical (unpaired) electrons. The number of hydrogen-bond donors (Lipinski definition) is 4. The second-order valence-corrected chi connectivity index (χ2v) is 10.6. The van der Waals surface area contributed by atoms with E-state index in [0.717, 1.165) is 54.0 Å². The van der Waals surface area contributed by atoms with Gasteiger partial charge in [0.1, 0.15) is 0 Å². The fraction of sp³-hybridized carbons (Fsp3) is 0.303. The Morgan fingerprint density at radius 3 is 2.61 bits per heavy atom. The number of hydrogen-bond acceptors (Lipinski definition) is 8. The number of benzene rings is 2. The Hall–Kier alpha value is -4.87. The van der Waals surface area contributed by atoms with E-state index in [4.69, 9.17) is 0 Å². The number of β-amino-alcohol motifs (C(OH)–C–C–N with tert-alkyl or cyclic N) is 1. The standard InChI is InChI=1S/C33H37N5O6/c1-22(25-7-5-8-26(18-25)29-12-10-23(19-34-29)20-38-17-16-27(39)21-38)35-33(43)28-9-4-3-6-24(28)11-13-30(40)36-37-31(41)14-15-32(42)44-2/h3-10,12,14-15,18-19,22,27,39H,11,13,16-17,20-21H2,1-2H3,(H,35,43)(H,36,40)(H,37,41)/b15-14+/t22-,27+/m1/s1. The van der Waals surface area contributed by atoms with Gasteiger partial charge in [-0.25, -0.2) is 4.79 Å². The van der Waals surface area contributed by atoms with Crippen molar-refractivity contribution in [3.63, 3.8) is 0 Å². The number of likely N-dealkylation sites (tertiary alicyclic amines) is 1. The number of amides is 3. The molecule has 0 spiro atoms. The van der Waals surface area contributed by atoms with Crippen molar-refractivity contribution >= 4 is 23.7 Å². The van der Waals surface area contributed by atoms with Crippen molar-refractivity contribution in [2.45, 2.75) is 44.9 Å². The molecular formula is C33H37N5O6. The van der Waals surface area contributed by atoms with Crippen LogP contribution in [0.25, 0.3) is 11.3 Å². The zero-order chi connectivity index (χ0) is 31.5. The number of esters is 1. The van der Waals surface area contributed by atoms with E-state index < -0.39 is 17.8 Å². The zero-order valence-corrected chi connectivity index (χ0v) is 24.8. The lowest BCUT2D eigenvalue weighted by Crippen LogP contribution is -2.41. The number of carbonyl (C=O) groups is 4. The molecule has 4 N–H and O–H groups in total. The summed E-state index contributed by atoms with van der Waals surface area (Å²) >= 11 is 0. The van der Waals surface area contributed by atoms with Crippen molar-refractivity contribution in [1.29, 1.82) is 0 Å². The Morgan fingerprint density at radius 2 is 1.89 bits per heavy atom. The number of aliphatic hydroxyl groups excluding tert-OH is 1. The van der Waals surface area contributed by atoms with Crippen LogP contribution in [0.3, 0.4) is 0 Å². The van der Waals surface area contributed by atoms with Gasteiger partial charge >= 0.3 is 5.97 Å². The minimum atomic E-state index is -0.693. The maximum atomic E-state index is 13.3. The second kappa shape index (κ2) is 15.6. The summed E-state index contributed by atoms with van der Waals surface area (Å²) in [6.07, 6.45) is 4.59. The van der Waals surface area contributed by atoms with E-state index in [1.807, 2.05) is 43.5 Å². The summed E-state index contributed by atoms with van der Waals surface area (Å²) < 4.78 is 4.40. The number of aromatic nitrogens is 1. The number of aryl methyl sites for hydroxylation is 1. The molecule has 1 aliphatic heterocycles. The number of ether oxygens (including phenoxy) is 1. The molecule has 44 heavy (non-hydrogen) atoms. The van der Waals surface area contributed by atoms with Gasteiger partial charge in [-0.05, 0) is 54.7 Å². The zero-order valence-electron chi connectivity index (χ0n) is 24.8. The van der Waals surface area contributed by atoms with Gasteiger partial charge in [-0.15, -0.1) is 0 Å². The van der Waals surface area contributed by atoms with Gasteiger partial charge in [0.2, 0.25) is 5.91 Å². The largest absolute Gasteiger partial charge is 0.466 e. The van der Waals surface area contributed by atoms with E-state index in [1.54, 1.807) is 24.3 Å². The molecule has 1 aromatic heterocycles. The average Bonchev–Trinajstić information content (AvgIpc) is 3.45. The number of rotatable bonds is 11. The number of nitrogens with one attached hydrogen (secondary N) is 3. The highest BCUT2D eigenvalue weighted by Crippen LogP contribution is 2.23. The van der Waals surface area contributed by atoms with Crippen LogP contribution < -0.4 is 16.2 Å². The number of pyridine rings is 1. The van der Waals surface area contributed by atoms with Crippen molar-refractivity contribution in [2.24, 2.45) is 0 Å². The van der Waals surface area contributed by atoms with E-state index in [9.17, 15) is 24.3 Å². The lowest BCUT2D eigenvalue weighted by atomic mass is 10.00. The summed E-state index contributed by atoms with van der Waals surface area (Å²) in [5.41, 5.74) is 9.38. The van der Waals surface area contributed by atoms with Crippen LogP contribution in [0.15, 0.2) is 79.0 Å². The predicted octanol–water partition coefficient (Wildman–Crippen LogP) is 2.62. The molecule has 11 nitrogen and oxygen atoms in total. The van der Waals surface area contributed by atoms with Gasteiger partial charge in [0, 0.05) is 55.5 Å².